The second-order valence-electron chi connectivity index (χ2n) is 6.05. The lowest BCUT2D eigenvalue weighted by molar-refractivity contribution is 0.0613. The Bertz CT molecular complexity index is 605. The van der Waals surface area contributed by atoms with E-state index in [0.717, 1.165) is 32.1 Å². The molecule has 0 aromatic heterocycles. The zero-order chi connectivity index (χ0) is 17.9. The fraction of sp³-hybridized carbons (Fsp3) is 0.333. The van der Waals surface area contributed by atoms with Gasteiger partial charge < -0.3 is 5.73 Å². The molecule has 2 amide bonds. The summed E-state index contributed by atoms with van der Waals surface area (Å²) in [4.78, 5) is 27.0. The van der Waals surface area contributed by atoms with E-state index in [0.29, 0.717) is 24.2 Å². The molecule has 0 bridgehead atoms. The molecule has 132 valence electrons. The lowest BCUT2D eigenvalue weighted by Gasteiger charge is -2.21. The molecule has 25 heavy (non-hydrogen) atoms. The van der Waals surface area contributed by atoms with Crippen molar-refractivity contribution in [2.75, 3.05) is 13.1 Å². The second kappa shape index (κ2) is 10.4. The number of carbonyl (C=O) groups is 2. The maximum Gasteiger partial charge on any atom is 0.260 e. The van der Waals surface area contributed by atoms with Gasteiger partial charge in [-0.25, -0.2) is 0 Å². The van der Waals surface area contributed by atoms with Crippen molar-refractivity contribution in [1.82, 2.24) is 4.90 Å². The van der Waals surface area contributed by atoms with Crippen LogP contribution in [-0.2, 0) is 0 Å². The number of unbranched alkanes of at least 4 members (excludes halogenated alkanes) is 4. The third-order valence-corrected chi connectivity index (χ3v) is 4.12. The van der Waals surface area contributed by atoms with Crippen LogP contribution in [0.2, 0.25) is 0 Å². The van der Waals surface area contributed by atoms with Gasteiger partial charge in [0.25, 0.3) is 11.8 Å². The number of carbonyl (C=O) groups excluding carboxylic acids is 2. The molecule has 4 heteroatoms. The lowest BCUT2D eigenvalue weighted by atomic mass is 10.1. The Morgan fingerprint density at radius 2 is 1.12 bits per heavy atom. The summed E-state index contributed by atoms with van der Waals surface area (Å²) in [6.45, 7) is 1.15. The van der Waals surface area contributed by atoms with Crippen LogP contribution in [0.15, 0.2) is 60.7 Å². The zero-order valence-electron chi connectivity index (χ0n) is 14.6. The molecular formula is C21H26N2O2. The van der Waals surface area contributed by atoms with Crippen LogP contribution in [-0.4, -0.2) is 29.8 Å². The molecule has 0 saturated carbocycles. The molecule has 0 fully saturated rings. The van der Waals surface area contributed by atoms with Crippen molar-refractivity contribution in [3.8, 4) is 0 Å². The number of amides is 2. The molecule has 0 unspecified atom stereocenters. The first-order valence-corrected chi connectivity index (χ1v) is 8.90. The average molecular weight is 338 g/mol. The average Bonchev–Trinajstić information content (AvgIpc) is 2.68. The van der Waals surface area contributed by atoms with Gasteiger partial charge in [-0.15, -0.1) is 0 Å². The molecule has 2 aromatic carbocycles. The lowest BCUT2D eigenvalue weighted by Crippen LogP contribution is -2.37. The highest BCUT2D eigenvalue weighted by Gasteiger charge is 2.23. The van der Waals surface area contributed by atoms with E-state index in [2.05, 4.69) is 0 Å². The topological polar surface area (TPSA) is 63.4 Å². The van der Waals surface area contributed by atoms with Gasteiger partial charge >= 0.3 is 0 Å². The summed E-state index contributed by atoms with van der Waals surface area (Å²) in [6.07, 6.45) is 4.98. The van der Waals surface area contributed by atoms with Crippen molar-refractivity contribution in [3.63, 3.8) is 0 Å². The molecule has 0 radical (unpaired) electrons. The van der Waals surface area contributed by atoms with Gasteiger partial charge in [-0.05, 0) is 43.7 Å². The standard InChI is InChI=1S/C21H26N2O2/c22-16-10-2-1-3-11-17-23(20(24)18-12-6-4-7-13-18)21(25)19-14-8-5-9-15-19/h4-9,12-15H,1-3,10-11,16-17,22H2. The van der Waals surface area contributed by atoms with Crippen molar-refractivity contribution in [2.24, 2.45) is 5.73 Å². The van der Waals surface area contributed by atoms with E-state index in [4.69, 9.17) is 5.73 Å². The molecule has 0 aliphatic rings. The normalized spacial score (nSPS) is 10.4. The smallest absolute Gasteiger partial charge is 0.260 e. The van der Waals surface area contributed by atoms with E-state index in [1.54, 1.807) is 24.3 Å². The monoisotopic (exact) mass is 338 g/mol. The zero-order valence-corrected chi connectivity index (χ0v) is 14.6. The molecule has 0 atom stereocenters. The van der Waals surface area contributed by atoms with Crippen LogP contribution in [0.1, 0.15) is 52.8 Å². The van der Waals surface area contributed by atoms with Crippen LogP contribution >= 0.6 is 0 Å². The predicted octanol–water partition coefficient (Wildman–Crippen LogP) is 3.88. The Morgan fingerprint density at radius 3 is 1.60 bits per heavy atom. The van der Waals surface area contributed by atoms with Crippen molar-refractivity contribution < 1.29 is 9.59 Å². The molecule has 2 N–H and O–H groups in total. The first-order chi connectivity index (χ1) is 12.2. The molecule has 2 rings (SSSR count). The minimum atomic E-state index is -0.239. The molecule has 0 spiro atoms. The quantitative estimate of drug-likeness (QED) is 0.557. The molecule has 0 aliphatic heterocycles. The summed E-state index contributed by atoms with van der Waals surface area (Å²) in [5.74, 6) is -0.479. The van der Waals surface area contributed by atoms with Crippen LogP contribution in [0, 0.1) is 0 Å². The summed E-state index contributed by atoms with van der Waals surface area (Å²) >= 11 is 0. The molecule has 0 heterocycles. The fourth-order valence-electron chi connectivity index (χ4n) is 2.71. The van der Waals surface area contributed by atoms with Crippen molar-refractivity contribution >= 4 is 11.8 Å². The van der Waals surface area contributed by atoms with E-state index in [-0.39, 0.29) is 11.8 Å². The van der Waals surface area contributed by atoms with Gasteiger partial charge in [-0.2, -0.15) is 0 Å². The van der Waals surface area contributed by atoms with Crippen molar-refractivity contribution in [1.29, 1.82) is 0 Å². The number of nitrogens with two attached hydrogens (primary N) is 1. The Hall–Kier alpha value is -2.46. The molecule has 4 nitrogen and oxygen atoms in total. The third kappa shape index (κ3) is 5.84. The highest BCUT2D eigenvalue weighted by Crippen LogP contribution is 2.13. The highest BCUT2D eigenvalue weighted by molar-refractivity contribution is 6.10. The molecule has 0 saturated heterocycles. The molecule has 2 aromatic rings. The second-order valence-corrected chi connectivity index (χ2v) is 6.05. The van der Waals surface area contributed by atoms with Gasteiger partial charge in [0.2, 0.25) is 0 Å². The number of benzene rings is 2. The van der Waals surface area contributed by atoms with Gasteiger partial charge in [-0.1, -0.05) is 55.7 Å². The minimum absolute atomic E-state index is 0.239. The summed E-state index contributed by atoms with van der Waals surface area (Å²) in [7, 11) is 0. The van der Waals surface area contributed by atoms with Gasteiger partial charge in [0.15, 0.2) is 0 Å². The van der Waals surface area contributed by atoms with Crippen LogP contribution in [0.25, 0.3) is 0 Å². The van der Waals surface area contributed by atoms with Gasteiger partial charge in [0, 0.05) is 17.7 Å². The van der Waals surface area contributed by atoms with Crippen molar-refractivity contribution in [2.45, 2.75) is 32.1 Å². The summed E-state index contributed by atoms with van der Waals surface area (Å²) in [5.41, 5.74) is 6.58. The van der Waals surface area contributed by atoms with E-state index < -0.39 is 0 Å². The Kier molecular flexibility index (Phi) is 7.86. The first kappa shape index (κ1) is 18.9. The van der Waals surface area contributed by atoms with E-state index in [1.807, 2.05) is 36.4 Å². The van der Waals surface area contributed by atoms with E-state index >= 15 is 0 Å². The SMILES string of the molecule is NCCCCCCCN(C(=O)c1ccccc1)C(=O)c1ccccc1. The van der Waals surface area contributed by atoms with E-state index in [1.165, 1.54) is 4.90 Å². The van der Waals surface area contributed by atoms with Crippen LogP contribution in [0.3, 0.4) is 0 Å². The minimum Gasteiger partial charge on any atom is -0.330 e. The number of imide groups is 1. The van der Waals surface area contributed by atoms with Crippen LogP contribution in [0.5, 0.6) is 0 Å². The van der Waals surface area contributed by atoms with Gasteiger partial charge in [-0.3, -0.25) is 14.5 Å². The van der Waals surface area contributed by atoms with Gasteiger partial charge in [0.1, 0.15) is 0 Å². The Balaban J connectivity index is 2.06. The predicted molar refractivity (Wildman–Crippen MR) is 100 cm³/mol. The van der Waals surface area contributed by atoms with Gasteiger partial charge in [0.05, 0.1) is 0 Å². The summed E-state index contributed by atoms with van der Waals surface area (Å²) < 4.78 is 0. The first-order valence-electron chi connectivity index (χ1n) is 8.90. The number of rotatable bonds is 9. The summed E-state index contributed by atoms with van der Waals surface area (Å²) in [5, 5.41) is 0. The molecular weight excluding hydrogens is 312 g/mol. The Morgan fingerprint density at radius 1 is 0.680 bits per heavy atom. The van der Waals surface area contributed by atoms with Crippen LogP contribution < -0.4 is 5.73 Å². The maximum absolute atomic E-state index is 12.8. The van der Waals surface area contributed by atoms with Crippen molar-refractivity contribution in [3.05, 3.63) is 71.8 Å². The Labute approximate surface area is 149 Å². The number of hydrogen-bond donors (Lipinski definition) is 1. The maximum atomic E-state index is 12.8. The highest BCUT2D eigenvalue weighted by atomic mass is 16.2. The van der Waals surface area contributed by atoms with Crippen LogP contribution in [0.4, 0.5) is 0 Å². The number of hydrogen-bond acceptors (Lipinski definition) is 3. The fourth-order valence-corrected chi connectivity index (χ4v) is 2.71. The largest absolute Gasteiger partial charge is 0.330 e. The van der Waals surface area contributed by atoms with E-state index in [9.17, 15) is 9.59 Å². The third-order valence-electron chi connectivity index (χ3n) is 4.12. The molecule has 0 aliphatic carbocycles. The summed E-state index contributed by atoms with van der Waals surface area (Å²) in [6, 6.07) is 17.9. The number of nitrogens with zero attached hydrogens (tertiary/aromatic N) is 1.